The molecule has 3 rings (SSSR count). The molecule has 7 nitrogen and oxygen atoms in total. The van der Waals surface area contributed by atoms with E-state index in [-0.39, 0.29) is 17.4 Å². The van der Waals surface area contributed by atoms with E-state index in [2.05, 4.69) is 15.4 Å². The van der Waals surface area contributed by atoms with Gasteiger partial charge in [0.05, 0.1) is 33.7 Å². The molecule has 1 N–H and O–H groups in total. The number of aryl methyl sites for hydroxylation is 3. The van der Waals surface area contributed by atoms with Crippen LogP contribution in [0.3, 0.4) is 0 Å². The lowest BCUT2D eigenvalue weighted by Gasteiger charge is -2.24. The molecule has 1 amide bonds. The Morgan fingerprint density at radius 3 is 2.70 bits per heavy atom. The summed E-state index contributed by atoms with van der Waals surface area (Å²) >= 11 is 0. The Morgan fingerprint density at radius 2 is 2.09 bits per heavy atom. The number of hydrogen-bond acceptors (Lipinski definition) is 5. The molecule has 0 radical (unpaired) electrons. The molecule has 0 aliphatic carbocycles. The maximum absolute atomic E-state index is 12.8. The predicted octanol–water partition coefficient (Wildman–Crippen LogP) is 0.892. The summed E-state index contributed by atoms with van der Waals surface area (Å²) in [7, 11) is -1.29. The highest BCUT2D eigenvalue weighted by Gasteiger charge is 2.39. The van der Waals surface area contributed by atoms with Crippen LogP contribution in [0, 0.1) is 13.8 Å². The van der Waals surface area contributed by atoms with Crippen molar-refractivity contribution in [3.05, 3.63) is 23.0 Å². The van der Waals surface area contributed by atoms with Gasteiger partial charge in [-0.15, -0.1) is 0 Å². The van der Waals surface area contributed by atoms with Gasteiger partial charge in [-0.05, 0) is 33.3 Å². The van der Waals surface area contributed by atoms with Crippen molar-refractivity contribution >= 4 is 26.8 Å². The highest BCUT2D eigenvalue weighted by atomic mass is 32.2. The van der Waals surface area contributed by atoms with Gasteiger partial charge in [-0.25, -0.2) is 13.4 Å². The third-order valence-corrected chi connectivity index (χ3v) is 6.16. The topological polar surface area (TPSA) is 94.0 Å². The molecule has 23 heavy (non-hydrogen) atoms. The van der Waals surface area contributed by atoms with E-state index >= 15 is 0 Å². The van der Waals surface area contributed by atoms with Crippen LogP contribution in [0.2, 0.25) is 0 Å². The van der Waals surface area contributed by atoms with E-state index in [1.807, 2.05) is 13.8 Å². The van der Waals surface area contributed by atoms with Crippen molar-refractivity contribution in [1.29, 1.82) is 0 Å². The van der Waals surface area contributed by atoms with E-state index in [1.54, 1.807) is 24.7 Å². The number of nitrogens with zero attached hydrogens (tertiary/aromatic N) is 3. The normalized spacial score (nSPS) is 23.3. The van der Waals surface area contributed by atoms with E-state index < -0.39 is 15.4 Å². The third-order valence-electron chi connectivity index (χ3n) is 4.26. The fourth-order valence-corrected chi connectivity index (χ4v) is 5.29. The summed E-state index contributed by atoms with van der Waals surface area (Å²) in [5, 5.41) is 7.93. The summed E-state index contributed by atoms with van der Waals surface area (Å²) in [6.45, 7) is 5.43. The summed E-state index contributed by atoms with van der Waals surface area (Å²) in [5.74, 6) is -0.193. The molecule has 1 unspecified atom stereocenters. The number of aromatic nitrogens is 3. The van der Waals surface area contributed by atoms with Crippen LogP contribution < -0.4 is 5.32 Å². The first-order chi connectivity index (χ1) is 10.6. The zero-order valence-electron chi connectivity index (χ0n) is 13.7. The van der Waals surface area contributed by atoms with Gasteiger partial charge >= 0.3 is 0 Å². The van der Waals surface area contributed by atoms with Gasteiger partial charge in [-0.3, -0.25) is 9.48 Å². The number of rotatable bonds is 2. The Hall–Kier alpha value is -1.96. The average molecular weight is 336 g/mol. The molecule has 1 aliphatic rings. The second-order valence-corrected chi connectivity index (χ2v) is 8.76. The molecular weight excluding hydrogens is 316 g/mol. The molecular formula is C15H20N4O3S. The lowest BCUT2D eigenvalue weighted by Crippen LogP contribution is -2.47. The summed E-state index contributed by atoms with van der Waals surface area (Å²) in [4.78, 5) is 17.2. The first kappa shape index (κ1) is 15.9. The summed E-state index contributed by atoms with van der Waals surface area (Å²) in [6, 6.07) is 1.72. The number of sulfone groups is 1. The molecule has 0 saturated carbocycles. The number of carbonyl (C=O) groups is 1. The van der Waals surface area contributed by atoms with Gasteiger partial charge in [0, 0.05) is 12.7 Å². The van der Waals surface area contributed by atoms with Crippen molar-refractivity contribution in [1.82, 2.24) is 20.1 Å². The van der Waals surface area contributed by atoms with Gasteiger partial charge in [0.25, 0.3) is 5.91 Å². The Kier molecular flexibility index (Phi) is 3.47. The van der Waals surface area contributed by atoms with E-state index in [4.69, 9.17) is 0 Å². The van der Waals surface area contributed by atoms with Crippen LogP contribution in [-0.4, -0.2) is 46.1 Å². The first-order valence-corrected chi connectivity index (χ1v) is 9.26. The quantitative estimate of drug-likeness (QED) is 0.879. The lowest BCUT2D eigenvalue weighted by atomic mass is 10.0. The number of carbonyl (C=O) groups excluding carboxylic acids is 1. The van der Waals surface area contributed by atoms with E-state index in [9.17, 15) is 13.2 Å². The molecule has 8 heteroatoms. The van der Waals surface area contributed by atoms with E-state index in [0.29, 0.717) is 23.0 Å². The zero-order chi connectivity index (χ0) is 17.0. The molecule has 2 aromatic heterocycles. The highest BCUT2D eigenvalue weighted by Crippen LogP contribution is 2.26. The van der Waals surface area contributed by atoms with Crippen LogP contribution in [0.25, 0.3) is 11.0 Å². The molecule has 1 fully saturated rings. The molecule has 1 saturated heterocycles. The fourth-order valence-electron chi connectivity index (χ4n) is 3.20. The minimum atomic E-state index is -3.08. The minimum Gasteiger partial charge on any atom is -0.346 e. The van der Waals surface area contributed by atoms with Crippen molar-refractivity contribution in [2.24, 2.45) is 7.05 Å². The van der Waals surface area contributed by atoms with Gasteiger partial charge in [0.2, 0.25) is 0 Å². The smallest absolute Gasteiger partial charge is 0.252 e. The lowest BCUT2D eigenvalue weighted by molar-refractivity contribution is 0.0917. The standard InChI is InChI=1S/C15H20N4O3S/c1-9-7-11(12-10(2)18-19(4)13(12)16-9)14(20)17-15(3)5-6-23(21,22)8-15/h7H,5-6,8H2,1-4H3,(H,17,20). The SMILES string of the molecule is Cc1cc(C(=O)NC2(C)CCS(=O)(=O)C2)c2c(C)nn(C)c2n1. The van der Waals surface area contributed by atoms with Gasteiger partial charge in [0.1, 0.15) is 0 Å². The van der Waals surface area contributed by atoms with Crippen LogP contribution in [-0.2, 0) is 16.9 Å². The molecule has 1 aliphatic heterocycles. The fraction of sp³-hybridized carbons (Fsp3) is 0.533. The Morgan fingerprint density at radius 1 is 1.39 bits per heavy atom. The molecule has 2 aromatic rings. The monoisotopic (exact) mass is 336 g/mol. The van der Waals surface area contributed by atoms with Gasteiger partial charge in [0.15, 0.2) is 15.5 Å². The number of fused-ring (bicyclic) bond motifs is 1. The second kappa shape index (κ2) is 5.02. The van der Waals surface area contributed by atoms with Crippen LogP contribution in [0.5, 0.6) is 0 Å². The van der Waals surface area contributed by atoms with Crippen molar-refractivity contribution < 1.29 is 13.2 Å². The zero-order valence-corrected chi connectivity index (χ0v) is 14.5. The Balaban J connectivity index is 2.02. The van der Waals surface area contributed by atoms with E-state index in [1.165, 1.54) is 0 Å². The van der Waals surface area contributed by atoms with Crippen LogP contribution in [0.4, 0.5) is 0 Å². The van der Waals surface area contributed by atoms with Crippen molar-refractivity contribution in [3.8, 4) is 0 Å². The van der Waals surface area contributed by atoms with E-state index in [0.717, 1.165) is 11.4 Å². The number of hydrogen-bond donors (Lipinski definition) is 1. The van der Waals surface area contributed by atoms with Crippen molar-refractivity contribution in [2.75, 3.05) is 11.5 Å². The Bertz CT molecular complexity index is 916. The summed E-state index contributed by atoms with van der Waals surface area (Å²) in [6.07, 6.45) is 0.431. The molecule has 0 bridgehead atoms. The molecule has 3 heterocycles. The second-order valence-electron chi connectivity index (χ2n) is 6.58. The minimum absolute atomic E-state index is 0.0228. The van der Waals surface area contributed by atoms with Gasteiger partial charge in [-0.1, -0.05) is 0 Å². The van der Waals surface area contributed by atoms with Crippen LogP contribution in [0.15, 0.2) is 6.07 Å². The number of pyridine rings is 1. The van der Waals surface area contributed by atoms with Gasteiger partial charge in [-0.2, -0.15) is 5.10 Å². The third kappa shape index (κ3) is 2.83. The highest BCUT2D eigenvalue weighted by molar-refractivity contribution is 7.91. The van der Waals surface area contributed by atoms with Crippen LogP contribution >= 0.6 is 0 Å². The molecule has 0 aromatic carbocycles. The Labute approximate surface area is 135 Å². The van der Waals surface area contributed by atoms with Crippen molar-refractivity contribution in [2.45, 2.75) is 32.7 Å². The van der Waals surface area contributed by atoms with Gasteiger partial charge < -0.3 is 5.32 Å². The summed E-state index contributed by atoms with van der Waals surface area (Å²) < 4.78 is 25.1. The maximum atomic E-state index is 12.8. The average Bonchev–Trinajstić information content (AvgIpc) is 2.85. The molecule has 124 valence electrons. The molecule has 0 spiro atoms. The summed E-state index contributed by atoms with van der Waals surface area (Å²) in [5.41, 5.74) is 1.86. The number of amides is 1. The van der Waals surface area contributed by atoms with Crippen molar-refractivity contribution in [3.63, 3.8) is 0 Å². The molecule has 1 atom stereocenters. The largest absolute Gasteiger partial charge is 0.346 e. The predicted molar refractivity (Wildman–Crippen MR) is 87.1 cm³/mol. The number of nitrogens with one attached hydrogen (secondary N) is 1. The first-order valence-electron chi connectivity index (χ1n) is 7.44. The van der Waals surface area contributed by atoms with Crippen LogP contribution in [0.1, 0.15) is 35.1 Å². The maximum Gasteiger partial charge on any atom is 0.252 e.